The molecular formula is C22H27FN4O2. The fourth-order valence-corrected chi connectivity index (χ4v) is 4.02. The molecule has 0 bridgehead atoms. The number of halogens is 1. The third-order valence-corrected chi connectivity index (χ3v) is 5.84. The summed E-state index contributed by atoms with van der Waals surface area (Å²) in [6.45, 7) is 4.86. The summed E-state index contributed by atoms with van der Waals surface area (Å²) in [7, 11) is 2.15. The van der Waals surface area contributed by atoms with E-state index in [2.05, 4.69) is 16.9 Å². The van der Waals surface area contributed by atoms with Crippen LogP contribution < -0.4 is 4.74 Å². The molecule has 0 N–H and O–H groups in total. The van der Waals surface area contributed by atoms with Gasteiger partial charge in [0.25, 0.3) is 5.91 Å². The molecule has 0 aliphatic carbocycles. The number of piperidine rings is 1. The summed E-state index contributed by atoms with van der Waals surface area (Å²) < 4.78 is 19.4. The van der Waals surface area contributed by atoms with Gasteiger partial charge in [-0.2, -0.15) is 0 Å². The van der Waals surface area contributed by atoms with Gasteiger partial charge in [0.2, 0.25) is 0 Å². The summed E-state index contributed by atoms with van der Waals surface area (Å²) in [5, 5.41) is 0. The number of likely N-dealkylation sites (tertiary alicyclic amines) is 1. The monoisotopic (exact) mass is 398 g/mol. The first-order chi connectivity index (χ1) is 14.0. The molecule has 0 spiro atoms. The Balaban J connectivity index is 1.40. The molecule has 1 amide bonds. The highest BCUT2D eigenvalue weighted by molar-refractivity contribution is 5.81. The van der Waals surface area contributed by atoms with Crippen molar-refractivity contribution in [2.24, 2.45) is 0 Å². The van der Waals surface area contributed by atoms with Crippen molar-refractivity contribution < 1.29 is 13.9 Å². The Morgan fingerprint density at radius 2 is 2.00 bits per heavy atom. The molecule has 2 aliphatic heterocycles. The van der Waals surface area contributed by atoms with Crippen LogP contribution in [0.4, 0.5) is 4.39 Å². The molecule has 1 aromatic carbocycles. The predicted molar refractivity (Wildman–Crippen MR) is 107 cm³/mol. The largest absolute Gasteiger partial charge is 0.478 e. The van der Waals surface area contributed by atoms with Gasteiger partial charge in [-0.25, -0.2) is 14.4 Å². The van der Waals surface area contributed by atoms with Gasteiger partial charge < -0.3 is 14.5 Å². The van der Waals surface area contributed by atoms with E-state index in [1.807, 2.05) is 6.20 Å². The molecule has 2 aliphatic rings. The van der Waals surface area contributed by atoms with Crippen molar-refractivity contribution in [2.45, 2.75) is 44.8 Å². The van der Waals surface area contributed by atoms with E-state index in [0.717, 1.165) is 43.0 Å². The molecule has 154 valence electrons. The number of amides is 1. The molecule has 1 aromatic heterocycles. The Morgan fingerprint density at radius 1 is 1.24 bits per heavy atom. The minimum absolute atomic E-state index is 0.0943. The number of hydrogen-bond acceptors (Lipinski definition) is 5. The second-order valence-corrected chi connectivity index (χ2v) is 7.98. The Bertz CT molecular complexity index is 883. The van der Waals surface area contributed by atoms with Gasteiger partial charge >= 0.3 is 0 Å². The second kappa shape index (κ2) is 8.45. The van der Waals surface area contributed by atoms with Crippen molar-refractivity contribution in [2.75, 3.05) is 26.7 Å². The molecule has 0 radical (unpaired) electrons. The summed E-state index contributed by atoms with van der Waals surface area (Å²) in [5.74, 6) is 0.833. The van der Waals surface area contributed by atoms with Crippen molar-refractivity contribution in [3.63, 3.8) is 0 Å². The molecule has 0 unspecified atom stereocenters. The first kappa shape index (κ1) is 19.8. The third-order valence-electron chi connectivity index (χ3n) is 5.84. The van der Waals surface area contributed by atoms with Crippen molar-refractivity contribution >= 4 is 5.91 Å². The number of carbonyl (C=O) groups excluding carboxylic acids is 1. The standard InChI is InChI=1S/C22H27FN4O2/c1-15(29-20-6-4-3-5-18(20)23)22(28)27-12-9-19-17(14-27)13-24-21(25-19)16-7-10-26(2)11-8-16/h3-6,13,15-16H,7-12,14H2,1-2H3/t15-/m1/s1. The number of carbonyl (C=O) groups is 1. The van der Waals surface area contributed by atoms with Crippen LogP contribution in [0.25, 0.3) is 0 Å². The normalized spacial score (nSPS) is 18.9. The van der Waals surface area contributed by atoms with Crippen LogP contribution in [0.5, 0.6) is 5.75 Å². The maximum Gasteiger partial charge on any atom is 0.263 e. The maximum atomic E-state index is 13.8. The van der Waals surface area contributed by atoms with Crippen molar-refractivity contribution in [3.05, 3.63) is 53.4 Å². The maximum absolute atomic E-state index is 13.8. The Kier molecular flexibility index (Phi) is 5.76. The van der Waals surface area contributed by atoms with Gasteiger partial charge in [0.1, 0.15) is 5.82 Å². The molecular weight excluding hydrogens is 371 g/mol. The lowest BCUT2D eigenvalue weighted by molar-refractivity contribution is -0.139. The van der Waals surface area contributed by atoms with Gasteiger partial charge in [-0.05, 0) is 52.0 Å². The number of nitrogens with zero attached hydrogens (tertiary/aromatic N) is 4. The Labute approximate surface area is 170 Å². The van der Waals surface area contributed by atoms with Gasteiger partial charge in [0.15, 0.2) is 17.7 Å². The zero-order valence-electron chi connectivity index (χ0n) is 17.0. The molecule has 1 fully saturated rings. The first-order valence-corrected chi connectivity index (χ1v) is 10.2. The topological polar surface area (TPSA) is 58.6 Å². The minimum atomic E-state index is -0.757. The van der Waals surface area contributed by atoms with Crippen LogP contribution in [-0.4, -0.2) is 58.5 Å². The molecule has 1 atom stereocenters. The summed E-state index contributed by atoms with van der Waals surface area (Å²) in [6.07, 6.45) is 4.00. The minimum Gasteiger partial charge on any atom is -0.478 e. The van der Waals surface area contributed by atoms with Gasteiger partial charge in [-0.1, -0.05) is 12.1 Å². The Hall–Kier alpha value is -2.54. The zero-order chi connectivity index (χ0) is 20.4. The van der Waals surface area contributed by atoms with Crippen LogP contribution >= 0.6 is 0 Å². The number of fused-ring (bicyclic) bond motifs is 1. The lowest BCUT2D eigenvalue weighted by atomic mass is 9.95. The van der Waals surface area contributed by atoms with Crippen molar-refractivity contribution in [1.29, 1.82) is 0 Å². The highest BCUT2D eigenvalue weighted by Gasteiger charge is 2.28. The first-order valence-electron chi connectivity index (χ1n) is 10.2. The molecule has 6 nitrogen and oxygen atoms in total. The van der Waals surface area contributed by atoms with Crippen LogP contribution in [0.15, 0.2) is 30.5 Å². The summed E-state index contributed by atoms with van der Waals surface area (Å²) in [4.78, 5) is 26.3. The number of benzene rings is 1. The molecule has 1 saturated heterocycles. The van der Waals surface area contributed by atoms with E-state index < -0.39 is 11.9 Å². The predicted octanol–water partition coefficient (Wildman–Crippen LogP) is 2.78. The van der Waals surface area contributed by atoms with E-state index in [0.29, 0.717) is 25.4 Å². The van der Waals surface area contributed by atoms with Gasteiger partial charge in [-0.3, -0.25) is 4.79 Å². The molecule has 29 heavy (non-hydrogen) atoms. The van der Waals surface area contributed by atoms with E-state index in [1.165, 1.54) is 12.1 Å². The average Bonchev–Trinajstić information content (AvgIpc) is 2.74. The zero-order valence-corrected chi connectivity index (χ0v) is 17.0. The highest BCUT2D eigenvalue weighted by Crippen LogP contribution is 2.27. The van der Waals surface area contributed by atoms with E-state index in [4.69, 9.17) is 9.72 Å². The van der Waals surface area contributed by atoms with Gasteiger partial charge in [0, 0.05) is 37.2 Å². The van der Waals surface area contributed by atoms with E-state index >= 15 is 0 Å². The molecule has 2 aromatic rings. The summed E-state index contributed by atoms with van der Waals surface area (Å²) in [6, 6.07) is 6.13. The molecule has 0 saturated carbocycles. The van der Waals surface area contributed by atoms with E-state index in [1.54, 1.807) is 24.0 Å². The van der Waals surface area contributed by atoms with Crippen LogP contribution in [0.3, 0.4) is 0 Å². The number of aromatic nitrogens is 2. The van der Waals surface area contributed by atoms with Crippen LogP contribution in [0.2, 0.25) is 0 Å². The van der Waals surface area contributed by atoms with E-state index in [-0.39, 0.29) is 11.7 Å². The number of hydrogen-bond donors (Lipinski definition) is 0. The molecule has 4 rings (SSSR count). The number of ether oxygens (including phenoxy) is 1. The Morgan fingerprint density at radius 3 is 2.76 bits per heavy atom. The molecule has 3 heterocycles. The molecule has 7 heteroatoms. The lowest BCUT2D eigenvalue weighted by Gasteiger charge is -2.31. The summed E-state index contributed by atoms with van der Waals surface area (Å²) >= 11 is 0. The van der Waals surface area contributed by atoms with E-state index in [9.17, 15) is 9.18 Å². The average molecular weight is 398 g/mol. The van der Waals surface area contributed by atoms with Gasteiger partial charge in [-0.15, -0.1) is 0 Å². The highest BCUT2D eigenvalue weighted by atomic mass is 19.1. The summed E-state index contributed by atoms with van der Waals surface area (Å²) in [5.41, 5.74) is 2.03. The lowest BCUT2D eigenvalue weighted by Crippen LogP contribution is -2.43. The number of para-hydroxylation sites is 1. The van der Waals surface area contributed by atoms with Crippen LogP contribution in [0, 0.1) is 5.82 Å². The van der Waals surface area contributed by atoms with Crippen LogP contribution in [0.1, 0.15) is 42.8 Å². The smallest absolute Gasteiger partial charge is 0.263 e. The third kappa shape index (κ3) is 4.40. The van der Waals surface area contributed by atoms with Crippen LogP contribution in [-0.2, 0) is 17.8 Å². The number of rotatable bonds is 4. The van der Waals surface area contributed by atoms with Crippen molar-refractivity contribution in [1.82, 2.24) is 19.8 Å². The SMILES string of the molecule is C[C@@H](Oc1ccccc1F)C(=O)N1CCc2nc(C3CCN(C)CC3)ncc2C1. The van der Waals surface area contributed by atoms with Gasteiger partial charge in [0.05, 0.1) is 5.69 Å². The quantitative estimate of drug-likeness (QED) is 0.793. The second-order valence-electron chi connectivity index (χ2n) is 7.98. The van der Waals surface area contributed by atoms with Crippen molar-refractivity contribution in [3.8, 4) is 5.75 Å². The fourth-order valence-electron chi connectivity index (χ4n) is 4.02. The fraction of sp³-hybridized carbons (Fsp3) is 0.500.